The molecule has 0 spiro atoms. The molecule has 0 atom stereocenters. The van der Waals surface area contributed by atoms with Crippen molar-refractivity contribution in [1.82, 2.24) is 4.98 Å². The van der Waals surface area contributed by atoms with Gasteiger partial charge in [-0.25, -0.2) is 0 Å². The molecule has 1 heterocycles. The number of nitrogens with zero attached hydrogens (tertiary/aromatic N) is 1. The van der Waals surface area contributed by atoms with E-state index in [0.717, 1.165) is 17.0 Å². The highest BCUT2D eigenvalue weighted by Gasteiger charge is 2.00. The Bertz CT molecular complexity index is 518. The molecule has 0 aliphatic rings. The summed E-state index contributed by atoms with van der Waals surface area (Å²) in [5, 5.41) is 0. The fraction of sp³-hybridized carbons (Fsp3) is 0.267. The van der Waals surface area contributed by atoms with Gasteiger partial charge in [-0.05, 0) is 54.8 Å². The first kappa shape index (κ1) is 12.6. The molecule has 0 aliphatic heterocycles. The fourth-order valence-electron chi connectivity index (χ4n) is 1.91. The molecule has 18 heavy (non-hydrogen) atoms. The van der Waals surface area contributed by atoms with Crippen LogP contribution in [0.5, 0.6) is 5.75 Å². The third kappa shape index (κ3) is 3.31. The Morgan fingerprint density at radius 1 is 1.11 bits per heavy atom. The van der Waals surface area contributed by atoms with Crippen LogP contribution in [0.3, 0.4) is 0 Å². The van der Waals surface area contributed by atoms with Gasteiger partial charge in [0.05, 0.1) is 5.69 Å². The molecule has 2 rings (SSSR count). The first-order valence-electron chi connectivity index (χ1n) is 6.02. The van der Waals surface area contributed by atoms with Gasteiger partial charge in [0.2, 0.25) is 0 Å². The van der Waals surface area contributed by atoms with Gasteiger partial charge in [-0.3, -0.25) is 4.98 Å². The lowest BCUT2D eigenvalue weighted by Gasteiger charge is -2.09. The van der Waals surface area contributed by atoms with Crippen molar-refractivity contribution in [2.45, 2.75) is 27.0 Å². The molecule has 0 amide bonds. The number of ether oxygens (including phenoxy) is 1. The minimum atomic E-state index is 0.456. The topological polar surface area (TPSA) is 48.1 Å². The van der Waals surface area contributed by atoms with Crippen molar-refractivity contribution in [3.05, 3.63) is 58.9 Å². The number of benzene rings is 1. The number of aromatic nitrogens is 1. The van der Waals surface area contributed by atoms with E-state index in [-0.39, 0.29) is 0 Å². The molecule has 0 bridgehead atoms. The van der Waals surface area contributed by atoms with E-state index in [9.17, 15) is 0 Å². The third-order valence-electron chi connectivity index (χ3n) is 2.69. The van der Waals surface area contributed by atoms with Crippen molar-refractivity contribution < 1.29 is 4.74 Å². The summed E-state index contributed by atoms with van der Waals surface area (Å²) in [6.07, 6.45) is 1.77. The zero-order chi connectivity index (χ0) is 13.0. The summed E-state index contributed by atoms with van der Waals surface area (Å²) in [4.78, 5) is 4.16. The molecule has 2 N–H and O–H groups in total. The molecule has 0 aliphatic carbocycles. The Morgan fingerprint density at radius 2 is 1.83 bits per heavy atom. The monoisotopic (exact) mass is 242 g/mol. The molecule has 0 saturated heterocycles. The average Bonchev–Trinajstić information content (AvgIpc) is 2.35. The lowest BCUT2D eigenvalue weighted by molar-refractivity contribution is 0.305. The van der Waals surface area contributed by atoms with Crippen LogP contribution in [0.25, 0.3) is 0 Å². The lowest BCUT2D eigenvalue weighted by atomic mass is 10.1. The second-order valence-corrected chi connectivity index (χ2v) is 4.47. The van der Waals surface area contributed by atoms with Gasteiger partial charge in [-0.15, -0.1) is 0 Å². The zero-order valence-electron chi connectivity index (χ0n) is 10.8. The molecule has 3 heteroatoms. The molecule has 0 radical (unpaired) electrons. The summed E-state index contributed by atoms with van der Waals surface area (Å²) in [6.45, 7) is 5.13. The predicted molar refractivity (Wildman–Crippen MR) is 72.4 cm³/mol. The molecule has 2 aromatic rings. The molecular formula is C15H18N2O. The van der Waals surface area contributed by atoms with Crippen LogP contribution in [-0.2, 0) is 13.2 Å². The predicted octanol–water partition coefficient (Wildman–Crippen LogP) is 2.74. The van der Waals surface area contributed by atoms with Gasteiger partial charge >= 0.3 is 0 Å². The normalized spacial score (nSPS) is 10.4. The molecule has 0 fully saturated rings. The second kappa shape index (κ2) is 5.65. The van der Waals surface area contributed by atoms with Crippen LogP contribution >= 0.6 is 0 Å². The van der Waals surface area contributed by atoms with E-state index < -0.39 is 0 Å². The van der Waals surface area contributed by atoms with Crippen molar-refractivity contribution in [3.8, 4) is 5.75 Å². The van der Waals surface area contributed by atoms with Crippen LogP contribution in [0.4, 0.5) is 0 Å². The van der Waals surface area contributed by atoms with Gasteiger partial charge in [0.15, 0.2) is 0 Å². The molecule has 0 unspecified atom stereocenters. The highest BCUT2D eigenvalue weighted by molar-refractivity contribution is 5.33. The summed E-state index contributed by atoms with van der Waals surface area (Å²) in [5.74, 6) is 0.901. The Morgan fingerprint density at radius 3 is 2.50 bits per heavy atom. The molecule has 0 saturated carbocycles. The van der Waals surface area contributed by atoms with Crippen LogP contribution in [0.1, 0.15) is 22.4 Å². The number of hydrogen-bond acceptors (Lipinski definition) is 3. The quantitative estimate of drug-likeness (QED) is 0.896. The zero-order valence-corrected chi connectivity index (χ0v) is 10.8. The lowest BCUT2D eigenvalue weighted by Crippen LogP contribution is -2.02. The van der Waals surface area contributed by atoms with Crippen molar-refractivity contribution in [2.24, 2.45) is 5.73 Å². The maximum absolute atomic E-state index is 5.78. The van der Waals surface area contributed by atoms with Gasteiger partial charge in [-0.2, -0.15) is 0 Å². The highest BCUT2D eigenvalue weighted by Crippen LogP contribution is 2.17. The van der Waals surface area contributed by atoms with Gasteiger partial charge in [-0.1, -0.05) is 6.07 Å². The van der Waals surface area contributed by atoms with Crippen molar-refractivity contribution >= 4 is 0 Å². The van der Waals surface area contributed by atoms with Crippen LogP contribution in [-0.4, -0.2) is 4.98 Å². The van der Waals surface area contributed by atoms with Crippen molar-refractivity contribution in [1.29, 1.82) is 0 Å². The van der Waals surface area contributed by atoms with Gasteiger partial charge in [0.1, 0.15) is 12.4 Å². The Hall–Kier alpha value is -1.87. The van der Waals surface area contributed by atoms with E-state index in [1.165, 1.54) is 11.1 Å². The summed E-state index contributed by atoms with van der Waals surface area (Å²) >= 11 is 0. The van der Waals surface area contributed by atoms with Crippen LogP contribution < -0.4 is 10.5 Å². The number of rotatable bonds is 4. The summed E-state index contributed by atoms with van der Waals surface area (Å²) in [6, 6.07) is 10.1. The SMILES string of the molecule is Cc1cc(C)cc(OCc2ccnc(CN)c2)c1. The standard InChI is InChI=1S/C15H18N2O/c1-11-5-12(2)7-15(6-11)18-10-13-3-4-17-14(8-13)9-16/h3-8H,9-10,16H2,1-2H3. The maximum atomic E-state index is 5.78. The summed E-state index contributed by atoms with van der Waals surface area (Å²) in [7, 11) is 0. The second-order valence-electron chi connectivity index (χ2n) is 4.47. The molecule has 1 aromatic heterocycles. The fourth-order valence-corrected chi connectivity index (χ4v) is 1.91. The number of pyridine rings is 1. The molecule has 1 aromatic carbocycles. The number of nitrogens with two attached hydrogens (primary N) is 1. The van der Waals surface area contributed by atoms with Crippen LogP contribution in [0, 0.1) is 13.8 Å². The Kier molecular flexibility index (Phi) is 3.95. The Labute approximate surface area is 108 Å². The third-order valence-corrected chi connectivity index (χ3v) is 2.69. The summed E-state index contributed by atoms with van der Waals surface area (Å²) < 4.78 is 5.78. The highest BCUT2D eigenvalue weighted by atomic mass is 16.5. The van der Waals surface area contributed by atoms with Crippen molar-refractivity contribution in [3.63, 3.8) is 0 Å². The molecular weight excluding hydrogens is 224 g/mol. The number of hydrogen-bond donors (Lipinski definition) is 1. The number of aryl methyl sites for hydroxylation is 2. The van der Waals surface area contributed by atoms with E-state index in [1.54, 1.807) is 6.20 Å². The largest absolute Gasteiger partial charge is 0.489 e. The minimum Gasteiger partial charge on any atom is -0.489 e. The van der Waals surface area contributed by atoms with E-state index in [0.29, 0.717) is 13.2 Å². The van der Waals surface area contributed by atoms with Crippen LogP contribution in [0.15, 0.2) is 36.5 Å². The van der Waals surface area contributed by atoms with Gasteiger partial charge in [0.25, 0.3) is 0 Å². The molecule has 3 nitrogen and oxygen atoms in total. The van der Waals surface area contributed by atoms with Crippen LogP contribution in [0.2, 0.25) is 0 Å². The molecule has 94 valence electrons. The van der Waals surface area contributed by atoms with Gasteiger partial charge in [0, 0.05) is 12.7 Å². The average molecular weight is 242 g/mol. The minimum absolute atomic E-state index is 0.456. The smallest absolute Gasteiger partial charge is 0.120 e. The van der Waals surface area contributed by atoms with E-state index in [4.69, 9.17) is 10.5 Å². The Balaban J connectivity index is 2.06. The van der Waals surface area contributed by atoms with E-state index in [2.05, 4.69) is 24.9 Å². The van der Waals surface area contributed by atoms with E-state index >= 15 is 0 Å². The van der Waals surface area contributed by atoms with Crippen molar-refractivity contribution in [2.75, 3.05) is 0 Å². The first-order chi connectivity index (χ1) is 8.67. The first-order valence-corrected chi connectivity index (χ1v) is 6.02. The van der Waals surface area contributed by atoms with E-state index in [1.807, 2.05) is 24.3 Å². The van der Waals surface area contributed by atoms with Gasteiger partial charge < -0.3 is 10.5 Å². The maximum Gasteiger partial charge on any atom is 0.120 e. The summed E-state index contributed by atoms with van der Waals surface area (Å²) in [5.41, 5.74) is 9.96.